The summed E-state index contributed by atoms with van der Waals surface area (Å²) in [6, 6.07) is 16.9. The summed E-state index contributed by atoms with van der Waals surface area (Å²) in [4.78, 5) is 24.6. The monoisotopic (exact) mass is 734 g/mol. The Kier molecular flexibility index (Phi) is 11.7. The maximum Gasteiger partial charge on any atom is 0.337 e. The fourth-order valence-corrected chi connectivity index (χ4v) is 5.19. The molecule has 1 aliphatic rings. The average Bonchev–Trinajstić information content (AvgIpc) is 3.00. The van der Waals surface area contributed by atoms with Gasteiger partial charge in [0.2, 0.25) is 0 Å². The highest BCUT2D eigenvalue weighted by atomic mass is 127. The van der Waals surface area contributed by atoms with Crippen LogP contribution in [-0.4, -0.2) is 49.9 Å². The number of aliphatic hydroxyl groups is 1. The molecule has 2 amide bonds. The summed E-state index contributed by atoms with van der Waals surface area (Å²) in [7, 11) is 1.28. The molecule has 0 saturated heterocycles. The minimum Gasteiger partial charge on any atom is -0.490 e. The third-order valence-electron chi connectivity index (χ3n) is 6.41. The molecular formula is C31H32ClIN4O7. The van der Waals surface area contributed by atoms with Crippen molar-refractivity contribution >= 4 is 52.4 Å². The summed E-state index contributed by atoms with van der Waals surface area (Å²) in [6.07, 6.45) is 0.448. The highest BCUT2D eigenvalue weighted by molar-refractivity contribution is 14.1. The number of amides is 2. The summed E-state index contributed by atoms with van der Waals surface area (Å²) in [5, 5.41) is 20.5. The minimum absolute atomic E-state index is 0.139. The van der Waals surface area contributed by atoms with Crippen LogP contribution in [0.25, 0.3) is 0 Å². The van der Waals surface area contributed by atoms with Gasteiger partial charge in [0.1, 0.15) is 19.0 Å². The average molecular weight is 735 g/mol. The molecule has 0 aliphatic carbocycles. The maximum atomic E-state index is 12.4. The Morgan fingerprint density at radius 3 is 2.61 bits per heavy atom. The molecule has 0 radical (unpaired) electrons. The van der Waals surface area contributed by atoms with Gasteiger partial charge in [-0.3, -0.25) is 5.43 Å². The van der Waals surface area contributed by atoms with Gasteiger partial charge < -0.3 is 34.7 Å². The van der Waals surface area contributed by atoms with Crippen LogP contribution in [-0.2, 0) is 16.1 Å². The zero-order chi connectivity index (χ0) is 31.6. The molecule has 44 heavy (non-hydrogen) atoms. The fourth-order valence-electron chi connectivity index (χ4n) is 4.31. The number of benzene rings is 3. The van der Waals surface area contributed by atoms with Crippen molar-refractivity contribution in [1.82, 2.24) is 16.1 Å². The van der Waals surface area contributed by atoms with Gasteiger partial charge in [-0.05, 0) is 84.0 Å². The Hall–Kier alpha value is -4.01. The number of allylic oxidation sites excluding steroid dienone is 1. The van der Waals surface area contributed by atoms with Crippen molar-refractivity contribution in [3.63, 3.8) is 0 Å². The second-order valence-electron chi connectivity index (χ2n) is 9.48. The van der Waals surface area contributed by atoms with E-state index in [2.05, 4.69) is 43.8 Å². The zero-order valence-corrected chi connectivity index (χ0v) is 27.1. The maximum absolute atomic E-state index is 12.4. The van der Waals surface area contributed by atoms with Crippen LogP contribution in [0.1, 0.15) is 36.6 Å². The molecule has 3 aromatic carbocycles. The van der Waals surface area contributed by atoms with E-state index < -0.39 is 24.3 Å². The summed E-state index contributed by atoms with van der Waals surface area (Å²) in [5.74, 6) is 0.889. The first kappa shape index (κ1) is 32.9. The molecule has 1 aliphatic heterocycles. The van der Waals surface area contributed by atoms with Gasteiger partial charge >= 0.3 is 12.0 Å². The summed E-state index contributed by atoms with van der Waals surface area (Å²) < 4.78 is 23.3. The Morgan fingerprint density at radius 1 is 1.11 bits per heavy atom. The number of hydrogen-bond donors (Lipinski definition) is 4. The normalized spacial score (nSPS) is 15.3. The van der Waals surface area contributed by atoms with Gasteiger partial charge in [0, 0.05) is 16.3 Å². The van der Waals surface area contributed by atoms with Gasteiger partial charge in [0.25, 0.3) is 0 Å². The number of hydrogen-bond acceptors (Lipinski definition) is 9. The van der Waals surface area contributed by atoms with Gasteiger partial charge in [-0.2, -0.15) is 5.10 Å². The van der Waals surface area contributed by atoms with Crippen molar-refractivity contribution in [3.05, 3.63) is 97.2 Å². The number of nitrogens with zero attached hydrogens (tertiary/aromatic N) is 1. The van der Waals surface area contributed by atoms with E-state index in [1.54, 1.807) is 31.3 Å². The lowest BCUT2D eigenvalue weighted by atomic mass is 9.95. The van der Waals surface area contributed by atoms with Crippen LogP contribution in [0.2, 0.25) is 5.02 Å². The van der Waals surface area contributed by atoms with Crippen LogP contribution in [0.15, 0.2) is 77.0 Å². The molecule has 4 N–H and O–H groups in total. The first-order valence-electron chi connectivity index (χ1n) is 13.6. The van der Waals surface area contributed by atoms with E-state index in [4.69, 9.17) is 30.5 Å². The summed E-state index contributed by atoms with van der Waals surface area (Å²) in [6.45, 7) is 4.00. The number of ether oxygens (including phenoxy) is 4. The van der Waals surface area contributed by atoms with Crippen molar-refractivity contribution < 1.29 is 33.6 Å². The number of hydrazone groups is 1. The molecule has 4 rings (SSSR count). The summed E-state index contributed by atoms with van der Waals surface area (Å²) in [5.41, 5.74) is 5.59. The van der Waals surface area contributed by atoms with Crippen LogP contribution >= 0.6 is 34.2 Å². The topological polar surface area (TPSA) is 140 Å². The standard InChI is InChI=1S/C31H32ClIN4O7/c1-4-42-26-14-20(29-28(30(39)41-3)18(2)35-31(40)36-29)10-12-25(26)44-17-27(38)37-34-15-19-9-11-24(23(33)13-19)43-16-21-7-5-6-8-22(21)32/h5-15,27,29,37-38H,4,16-17H2,1-3H3,(H2,35,36,40)/b34-15-/t27-,29-/m1/s1. The van der Waals surface area contributed by atoms with E-state index in [-0.39, 0.29) is 12.2 Å². The highest BCUT2D eigenvalue weighted by Gasteiger charge is 2.32. The molecule has 0 bridgehead atoms. The molecule has 0 unspecified atom stereocenters. The van der Waals surface area contributed by atoms with Gasteiger partial charge in [0.15, 0.2) is 17.7 Å². The van der Waals surface area contributed by atoms with Crippen LogP contribution in [0, 0.1) is 3.57 Å². The van der Waals surface area contributed by atoms with Crippen LogP contribution in [0.5, 0.6) is 17.2 Å². The van der Waals surface area contributed by atoms with E-state index in [1.807, 2.05) is 49.4 Å². The lowest BCUT2D eigenvalue weighted by molar-refractivity contribution is -0.136. The lowest BCUT2D eigenvalue weighted by Crippen LogP contribution is -2.45. The molecule has 13 heteroatoms. The van der Waals surface area contributed by atoms with Crippen molar-refractivity contribution in [2.75, 3.05) is 20.3 Å². The predicted octanol–water partition coefficient (Wildman–Crippen LogP) is 5.04. The van der Waals surface area contributed by atoms with E-state index in [0.29, 0.717) is 41.0 Å². The number of urea groups is 1. The number of nitrogens with one attached hydrogen (secondary N) is 3. The minimum atomic E-state index is -1.13. The van der Waals surface area contributed by atoms with Gasteiger partial charge in [-0.25, -0.2) is 9.59 Å². The third-order valence-corrected chi connectivity index (χ3v) is 7.62. The smallest absolute Gasteiger partial charge is 0.337 e. The molecule has 1 heterocycles. The molecule has 232 valence electrons. The molecule has 0 fully saturated rings. The van der Waals surface area contributed by atoms with Gasteiger partial charge in [-0.1, -0.05) is 35.9 Å². The van der Waals surface area contributed by atoms with E-state index in [1.165, 1.54) is 7.11 Å². The number of aliphatic hydroxyl groups excluding tert-OH is 1. The zero-order valence-electron chi connectivity index (χ0n) is 24.2. The van der Waals surface area contributed by atoms with Gasteiger partial charge in [0.05, 0.1) is 35.1 Å². The number of carbonyl (C=O) groups is 2. The molecule has 2 atom stereocenters. The number of carbonyl (C=O) groups excluding carboxylic acids is 2. The van der Waals surface area contributed by atoms with E-state index in [9.17, 15) is 14.7 Å². The predicted molar refractivity (Wildman–Crippen MR) is 174 cm³/mol. The fraction of sp³-hybridized carbons (Fsp3) is 0.258. The Balaban J connectivity index is 1.35. The quantitative estimate of drug-likeness (QED) is 0.0630. The van der Waals surface area contributed by atoms with E-state index in [0.717, 1.165) is 20.4 Å². The second-order valence-corrected chi connectivity index (χ2v) is 11.1. The number of rotatable bonds is 13. The van der Waals surface area contributed by atoms with Crippen molar-refractivity contribution in [2.24, 2.45) is 5.10 Å². The van der Waals surface area contributed by atoms with Crippen LogP contribution in [0.3, 0.4) is 0 Å². The van der Waals surface area contributed by atoms with E-state index >= 15 is 0 Å². The second kappa shape index (κ2) is 15.6. The highest BCUT2D eigenvalue weighted by Crippen LogP contribution is 2.35. The van der Waals surface area contributed by atoms with Crippen molar-refractivity contribution in [2.45, 2.75) is 32.7 Å². The molecule has 0 spiro atoms. The molecule has 11 nitrogen and oxygen atoms in total. The Bertz CT molecular complexity index is 1570. The first-order valence-corrected chi connectivity index (χ1v) is 15.0. The van der Waals surface area contributed by atoms with Crippen LogP contribution in [0.4, 0.5) is 4.79 Å². The number of methoxy groups -OCH3 is 1. The molecule has 3 aromatic rings. The molecule has 0 saturated carbocycles. The van der Waals surface area contributed by atoms with Crippen molar-refractivity contribution in [1.29, 1.82) is 0 Å². The van der Waals surface area contributed by atoms with Crippen LogP contribution < -0.4 is 30.3 Å². The van der Waals surface area contributed by atoms with Crippen molar-refractivity contribution in [3.8, 4) is 17.2 Å². The summed E-state index contributed by atoms with van der Waals surface area (Å²) >= 11 is 8.39. The third kappa shape index (κ3) is 8.55. The Morgan fingerprint density at radius 2 is 1.89 bits per heavy atom. The first-order chi connectivity index (χ1) is 21.2. The molecule has 0 aromatic heterocycles. The van der Waals surface area contributed by atoms with Gasteiger partial charge in [-0.15, -0.1) is 0 Å². The lowest BCUT2D eigenvalue weighted by Gasteiger charge is -2.28. The SMILES string of the molecule is CCOc1cc([C@H]2NC(=O)NC(C)=C2C(=O)OC)ccc1OC[C@@H](O)N/N=C\c1ccc(OCc2ccccc2Cl)c(I)c1. The number of halogens is 2. The number of esters is 1. The molecular weight excluding hydrogens is 703 g/mol. The largest absolute Gasteiger partial charge is 0.490 e. The Labute approximate surface area is 273 Å².